The van der Waals surface area contributed by atoms with E-state index < -0.39 is 0 Å². The van der Waals surface area contributed by atoms with E-state index in [-0.39, 0.29) is 11.6 Å². The van der Waals surface area contributed by atoms with Gasteiger partial charge >= 0.3 is 0 Å². The van der Waals surface area contributed by atoms with Crippen LogP contribution in [0.4, 0.5) is 11.4 Å². The maximum absolute atomic E-state index is 9.18. The van der Waals surface area contributed by atoms with E-state index in [1.165, 1.54) is 43.4 Å². The summed E-state index contributed by atoms with van der Waals surface area (Å²) in [7, 11) is 0. The quantitative estimate of drug-likeness (QED) is 0.270. The SMILES string of the molecule is C=C(O)/N=C\C(=C/C)c1ccc(N2CCN(C(=CC)CN3CCCC3)CC2)cc1.Nc1cccc(O)c1. The number of aliphatic imine (C=N–C) groups is 1. The topological polar surface area (TPSA) is 88.6 Å². The van der Waals surface area contributed by atoms with Gasteiger partial charge in [0.1, 0.15) is 5.75 Å². The van der Waals surface area contributed by atoms with Crippen LogP contribution >= 0.6 is 0 Å². The molecule has 0 radical (unpaired) electrons. The summed E-state index contributed by atoms with van der Waals surface area (Å²) in [5.41, 5.74) is 10.7. The summed E-state index contributed by atoms with van der Waals surface area (Å²) < 4.78 is 0. The van der Waals surface area contributed by atoms with Crippen LogP contribution in [0.25, 0.3) is 5.57 Å². The molecule has 0 saturated carbocycles. The lowest BCUT2D eigenvalue weighted by Crippen LogP contribution is -2.47. The Kier molecular flexibility index (Phi) is 10.6. The van der Waals surface area contributed by atoms with Crippen molar-refractivity contribution in [2.24, 2.45) is 4.99 Å². The van der Waals surface area contributed by atoms with Gasteiger partial charge < -0.3 is 25.7 Å². The smallest absolute Gasteiger partial charge is 0.203 e. The van der Waals surface area contributed by atoms with E-state index in [0.29, 0.717) is 5.69 Å². The van der Waals surface area contributed by atoms with Gasteiger partial charge in [-0.25, -0.2) is 4.99 Å². The second-order valence-electron chi connectivity index (χ2n) is 9.30. The molecule has 2 aliphatic rings. The summed E-state index contributed by atoms with van der Waals surface area (Å²) in [4.78, 5) is 11.5. The molecule has 2 aromatic rings. The van der Waals surface area contributed by atoms with Crippen LogP contribution < -0.4 is 10.6 Å². The van der Waals surface area contributed by atoms with E-state index >= 15 is 0 Å². The third-order valence-corrected chi connectivity index (χ3v) is 6.70. The Balaban J connectivity index is 0.000000405. The summed E-state index contributed by atoms with van der Waals surface area (Å²) in [6.07, 6.45) is 8.62. The molecule has 7 heteroatoms. The number of nitrogens with zero attached hydrogens (tertiary/aromatic N) is 4. The highest BCUT2D eigenvalue weighted by Gasteiger charge is 2.21. The third-order valence-electron chi connectivity index (χ3n) is 6.70. The van der Waals surface area contributed by atoms with Crippen molar-refractivity contribution in [1.82, 2.24) is 9.80 Å². The van der Waals surface area contributed by atoms with Gasteiger partial charge in [0.2, 0.25) is 5.88 Å². The van der Waals surface area contributed by atoms with Crippen LogP contribution in [0.5, 0.6) is 5.75 Å². The average Bonchev–Trinajstić information content (AvgIpc) is 3.42. The number of aliphatic hydroxyl groups excluding tert-OH is 1. The zero-order valence-electron chi connectivity index (χ0n) is 22.2. The molecule has 0 unspecified atom stereocenters. The van der Waals surface area contributed by atoms with Gasteiger partial charge in [-0.05, 0) is 81.8 Å². The fourth-order valence-electron chi connectivity index (χ4n) is 4.64. The highest BCUT2D eigenvalue weighted by molar-refractivity contribution is 6.10. The molecule has 4 rings (SSSR count). The maximum Gasteiger partial charge on any atom is 0.203 e. The molecule has 0 aromatic heterocycles. The maximum atomic E-state index is 9.18. The van der Waals surface area contributed by atoms with Gasteiger partial charge in [0, 0.05) is 62.1 Å². The number of benzene rings is 2. The molecule has 7 nitrogen and oxygen atoms in total. The van der Waals surface area contributed by atoms with Crippen molar-refractivity contribution >= 4 is 23.2 Å². The minimum absolute atomic E-state index is 0.177. The van der Waals surface area contributed by atoms with Crippen LogP contribution in [0.2, 0.25) is 0 Å². The molecule has 0 aliphatic carbocycles. The second kappa shape index (κ2) is 14.1. The number of allylic oxidation sites excluding steroid dienone is 3. The Hall–Kier alpha value is -3.71. The van der Waals surface area contributed by atoms with Crippen LogP contribution in [0.1, 0.15) is 32.3 Å². The average molecular weight is 504 g/mol. The van der Waals surface area contributed by atoms with E-state index in [1.807, 2.05) is 13.0 Å². The summed E-state index contributed by atoms with van der Waals surface area (Å²) >= 11 is 0. The van der Waals surface area contributed by atoms with Crippen LogP contribution in [-0.2, 0) is 0 Å². The fraction of sp³-hybridized carbons (Fsp3) is 0.367. The normalized spacial score (nSPS) is 17.1. The molecule has 0 bridgehead atoms. The van der Waals surface area contributed by atoms with Gasteiger partial charge in [-0.1, -0.05) is 30.4 Å². The van der Waals surface area contributed by atoms with Crippen LogP contribution in [-0.4, -0.2) is 72.0 Å². The lowest BCUT2D eigenvalue weighted by atomic mass is 10.1. The van der Waals surface area contributed by atoms with Crippen LogP contribution in [0.15, 0.2) is 83.8 Å². The van der Waals surface area contributed by atoms with Crippen molar-refractivity contribution in [1.29, 1.82) is 0 Å². The van der Waals surface area contributed by atoms with Crippen molar-refractivity contribution in [2.75, 3.05) is 56.4 Å². The zero-order chi connectivity index (χ0) is 26.6. The van der Waals surface area contributed by atoms with E-state index in [0.717, 1.165) is 43.9 Å². The van der Waals surface area contributed by atoms with Crippen molar-refractivity contribution in [3.63, 3.8) is 0 Å². The van der Waals surface area contributed by atoms with Crippen LogP contribution in [0.3, 0.4) is 0 Å². The molecule has 0 spiro atoms. The first kappa shape index (κ1) is 27.9. The van der Waals surface area contributed by atoms with Gasteiger partial charge in [-0.15, -0.1) is 0 Å². The van der Waals surface area contributed by atoms with Gasteiger partial charge in [0.15, 0.2) is 0 Å². The largest absolute Gasteiger partial charge is 0.508 e. The standard InChI is InChI=1S/C24H34N4O.C6H7NO/c1-4-21(18-25-20(3)29)22-8-10-24(11-9-22)28-16-14-27(15-17-28)23(5-2)19-26-12-6-7-13-26;7-5-2-1-3-6(8)4-5/h4-5,8-11,18,29H,3,6-7,12-17,19H2,1-2H3;1-4,8H,7H2/b21-4+,23-5?,25-18-;. The van der Waals surface area contributed by atoms with Crippen LogP contribution in [0, 0.1) is 0 Å². The van der Waals surface area contributed by atoms with Crippen molar-refractivity contribution in [3.05, 3.63) is 84.4 Å². The number of aromatic hydroxyl groups is 1. The number of phenolic OH excluding ortho intramolecular Hbond substituents is 1. The number of piperazine rings is 1. The van der Waals surface area contributed by atoms with Crippen molar-refractivity contribution < 1.29 is 10.2 Å². The van der Waals surface area contributed by atoms with Gasteiger partial charge in [-0.2, -0.15) is 0 Å². The highest BCUT2D eigenvalue weighted by Crippen LogP contribution is 2.22. The van der Waals surface area contributed by atoms with Crippen molar-refractivity contribution in [2.45, 2.75) is 26.7 Å². The third kappa shape index (κ3) is 8.72. The molecule has 2 aromatic carbocycles. The first-order chi connectivity index (χ1) is 17.9. The summed E-state index contributed by atoms with van der Waals surface area (Å²) in [6.45, 7) is 15.3. The number of likely N-dealkylation sites (tertiary alicyclic amines) is 1. The molecular formula is C30H41N5O2. The summed E-state index contributed by atoms with van der Waals surface area (Å²) in [5.74, 6) is 0.0362. The number of phenols is 1. The summed E-state index contributed by atoms with van der Waals surface area (Å²) in [6, 6.07) is 15.1. The Bertz CT molecular complexity index is 1080. The number of aliphatic hydroxyl groups is 1. The molecule has 0 amide bonds. The predicted octanol–water partition coefficient (Wildman–Crippen LogP) is 5.29. The first-order valence-corrected chi connectivity index (χ1v) is 13.0. The number of hydrogen-bond donors (Lipinski definition) is 3. The number of rotatable bonds is 7. The Morgan fingerprint density at radius 1 is 0.973 bits per heavy atom. The zero-order valence-corrected chi connectivity index (χ0v) is 22.2. The van der Waals surface area contributed by atoms with E-state index in [1.54, 1.807) is 24.4 Å². The molecule has 2 saturated heterocycles. The van der Waals surface area contributed by atoms with E-state index in [2.05, 4.69) is 63.5 Å². The Morgan fingerprint density at radius 3 is 2.16 bits per heavy atom. The predicted molar refractivity (Wildman–Crippen MR) is 156 cm³/mol. The minimum Gasteiger partial charge on any atom is -0.508 e. The van der Waals surface area contributed by atoms with E-state index in [9.17, 15) is 5.11 Å². The minimum atomic E-state index is -0.177. The number of nitrogens with two attached hydrogens (primary N) is 1. The monoisotopic (exact) mass is 503 g/mol. The molecule has 2 aliphatic heterocycles. The van der Waals surface area contributed by atoms with Crippen molar-refractivity contribution in [3.8, 4) is 5.75 Å². The fourth-order valence-corrected chi connectivity index (χ4v) is 4.64. The van der Waals surface area contributed by atoms with Gasteiger partial charge in [0.25, 0.3) is 0 Å². The Morgan fingerprint density at radius 2 is 1.65 bits per heavy atom. The highest BCUT2D eigenvalue weighted by atomic mass is 16.3. The second-order valence-corrected chi connectivity index (χ2v) is 9.30. The summed E-state index contributed by atoms with van der Waals surface area (Å²) in [5, 5.41) is 17.9. The van der Waals surface area contributed by atoms with Gasteiger partial charge in [0.05, 0.1) is 0 Å². The van der Waals surface area contributed by atoms with E-state index in [4.69, 9.17) is 10.8 Å². The number of anilines is 2. The lowest BCUT2D eigenvalue weighted by Gasteiger charge is -2.39. The molecular weight excluding hydrogens is 462 g/mol. The molecule has 4 N–H and O–H groups in total. The molecule has 2 fully saturated rings. The molecule has 2 heterocycles. The molecule has 37 heavy (non-hydrogen) atoms. The number of hydrogen-bond acceptors (Lipinski definition) is 7. The Labute approximate surface area is 221 Å². The molecule has 198 valence electrons. The lowest BCUT2D eigenvalue weighted by molar-refractivity contribution is 0.269. The number of nitrogen functional groups attached to an aromatic ring is 1. The van der Waals surface area contributed by atoms with Gasteiger partial charge in [-0.3, -0.25) is 4.90 Å². The molecule has 0 atom stereocenters. The first-order valence-electron chi connectivity index (χ1n) is 13.0.